The molecule has 0 radical (unpaired) electrons. The van der Waals surface area contributed by atoms with Gasteiger partial charge in [0.15, 0.2) is 0 Å². The molecule has 0 bridgehead atoms. The van der Waals surface area contributed by atoms with Crippen molar-refractivity contribution in [1.29, 1.82) is 0 Å². The van der Waals surface area contributed by atoms with Crippen molar-refractivity contribution in [2.24, 2.45) is 0 Å². The second kappa shape index (κ2) is 7.46. The van der Waals surface area contributed by atoms with E-state index >= 15 is 0 Å². The van der Waals surface area contributed by atoms with E-state index in [4.69, 9.17) is 0 Å². The number of nitro benzene ring substituents is 1. The first kappa shape index (κ1) is 15.8. The molecule has 0 aliphatic rings. The average molecular weight is 312 g/mol. The number of nitrogens with one attached hydrogen (secondary N) is 2. The van der Waals surface area contributed by atoms with Gasteiger partial charge in [-0.05, 0) is 23.8 Å². The summed E-state index contributed by atoms with van der Waals surface area (Å²) in [5, 5.41) is 10.7. The number of nitro groups is 1. The van der Waals surface area contributed by atoms with Gasteiger partial charge in [-0.3, -0.25) is 35.5 Å². The van der Waals surface area contributed by atoms with Crippen LogP contribution >= 0.6 is 0 Å². The number of rotatable bonds is 4. The number of carbonyl (C=O) groups excluding carboxylic acids is 2. The van der Waals surface area contributed by atoms with Gasteiger partial charge in [-0.15, -0.1) is 0 Å². The zero-order valence-corrected chi connectivity index (χ0v) is 11.8. The summed E-state index contributed by atoms with van der Waals surface area (Å²) in [5.41, 5.74) is 4.97. The van der Waals surface area contributed by atoms with Crippen molar-refractivity contribution in [3.63, 3.8) is 0 Å². The van der Waals surface area contributed by atoms with Gasteiger partial charge in [0.05, 0.1) is 4.92 Å². The van der Waals surface area contributed by atoms with E-state index in [2.05, 4.69) is 15.8 Å². The lowest BCUT2D eigenvalue weighted by molar-refractivity contribution is -0.384. The maximum absolute atomic E-state index is 11.7. The van der Waals surface area contributed by atoms with Gasteiger partial charge < -0.3 is 0 Å². The lowest BCUT2D eigenvalue weighted by Gasteiger charge is -2.04. The highest BCUT2D eigenvalue weighted by Crippen LogP contribution is 2.13. The fraction of sp³-hybridized carbons (Fsp3) is 0. The molecule has 0 unspecified atom stereocenters. The van der Waals surface area contributed by atoms with Crippen LogP contribution in [0.5, 0.6) is 0 Å². The Bertz CT molecular complexity index is 759. The summed E-state index contributed by atoms with van der Waals surface area (Å²) in [6.07, 6.45) is 4.01. The summed E-state index contributed by atoms with van der Waals surface area (Å²) in [4.78, 5) is 37.2. The van der Waals surface area contributed by atoms with Gasteiger partial charge >= 0.3 is 0 Å². The van der Waals surface area contributed by atoms with Crippen molar-refractivity contribution >= 4 is 23.6 Å². The van der Waals surface area contributed by atoms with E-state index in [1.54, 1.807) is 18.2 Å². The van der Waals surface area contributed by atoms with Crippen molar-refractivity contribution < 1.29 is 14.5 Å². The summed E-state index contributed by atoms with van der Waals surface area (Å²) >= 11 is 0. The van der Waals surface area contributed by atoms with Crippen LogP contribution in [-0.4, -0.2) is 21.7 Å². The van der Waals surface area contributed by atoms with E-state index in [9.17, 15) is 19.7 Å². The highest BCUT2D eigenvalue weighted by atomic mass is 16.6. The zero-order valence-electron chi connectivity index (χ0n) is 11.8. The Labute approximate surface area is 131 Å². The Kier molecular flexibility index (Phi) is 5.13. The van der Waals surface area contributed by atoms with Crippen LogP contribution in [0.25, 0.3) is 6.08 Å². The number of benzene rings is 1. The lowest BCUT2D eigenvalue weighted by atomic mass is 10.2. The molecule has 1 aromatic carbocycles. The third-order valence-electron chi connectivity index (χ3n) is 2.70. The minimum absolute atomic E-state index is 0.0731. The van der Waals surface area contributed by atoms with Crippen molar-refractivity contribution in [2.75, 3.05) is 0 Å². The number of non-ortho nitro benzene ring substituents is 1. The number of nitrogens with zero attached hydrogens (tertiary/aromatic N) is 2. The molecule has 8 nitrogen and oxygen atoms in total. The highest BCUT2D eigenvalue weighted by Gasteiger charge is 2.07. The van der Waals surface area contributed by atoms with Crippen LogP contribution in [0.15, 0.2) is 54.7 Å². The molecule has 8 heteroatoms. The average Bonchev–Trinajstić information content (AvgIpc) is 2.58. The first-order valence-electron chi connectivity index (χ1n) is 6.50. The summed E-state index contributed by atoms with van der Waals surface area (Å²) in [5.74, 6) is -1.14. The Morgan fingerprint density at radius 1 is 1.13 bits per heavy atom. The van der Waals surface area contributed by atoms with Crippen LogP contribution in [0, 0.1) is 10.1 Å². The molecule has 116 valence electrons. The van der Waals surface area contributed by atoms with Gasteiger partial charge in [0.1, 0.15) is 5.69 Å². The molecule has 0 atom stereocenters. The Morgan fingerprint density at radius 3 is 2.65 bits per heavy atom. The molecule has 1 aromatic heterocycles. The van der Waals surface area contributed by atoms with E-state index in [1.807, 2.05) is 0 Å². The van der Waals surface area contributed by atoms with Gasteiger partial charge in [-0.25, -0.2) is 0 Å². The number of hydrogen-bond acceptors (Lipinski definition) is 5. The van der Waals surface area contributed by atoms with Crippen molar-refractivity contribution in [3.8, 4) is 0 Å². The molecule has 0 saturated heterocycles. The van der Waals surface area contributed by atoms with E-state index in [0.717, 1.165) is 6.08 Å². The molecule has 0 aliphatic carbocycles. The number of pyridine rings is 1. The molecule has 0 saturated carbocycles. The van der Waals surface area contributed by atoms with Gasteiger partial charge in [0, 0.05) is 24.4 Å². The summed E-state index contributed by atoms with van der Waals surface area (Å²) in [6, 6.07) is 10.6. The van der Waals surface area contributed by atoms with Gasteiger partial charge in [-0.2, -0.15) is 0 Å². The first-order chi connectivity index (χ1) is 11.1. The molecule has 1 heterocycles. The minimum Gasteiger partial charge on any atom is -0.268 e. The Morgan fingerprint density at radius 2 is 1.96 bits per heavy atom. The number of carbonyl (C=O) groups is 2. The topological polar surface area (TPSA) is 114 Å². The fourth-order valence-corrected chi connectivity index (χ4v) is 1.64. The number of aromatic nitrogens is 1. The predicted molar refractivity (Wildman–Crippen MR) is 82.0 cm³/mol. The van der Waals surface area contributed by atoms with Crippen molar-refractivity contribution in [3.05, 3.63) is 76.1 Å². The molecule has 2 aromatic rings. The zero-order chi connectivity index (χ0) is 16.7. The third kappa shape index (κ3) is 4.74. The van der Waals surface area contributed by atoms with Crippen LogP contribution in [-0.2, 0) is 4.79 Å². The van der Waals surface area contributed by atoms with Gasteiger partial charge in [0.2, 0.25) is 0 Å². The van der Waals surface area contributed by atoms with Gasteiger partial charge in [-0.1, -0.05) is 18.2 Å². The van der Waals surface area contributed by atoms with Crippen LogP contribution in [0.2, 0.25) is 0 Å². The second-order valence-corrected chi connectivity index (χ2v) is 4.34. The van der Waals surface area contributed by atoms with Crippen LogP contribution in [0.3, 0.4) is 0 Å². The molecule has 2 rings (SSSR count). The molecule has 2 amide bonds. The fourth-order valence-electron chi connectivity index (χ4n) is 1.64. The molecular weight excluding hydrogens is 300 g/mol. The summed E-state index contributed by atoms with van der Waals surface area (Å²) in [7, 11) is 0. The monoisotopic (exact) mass is 312 g/mol. The minimum atomic E-state index is -0.583. The lowest BCUT2D eigenvalue weighted by Crippen LogP contribution is -2.41. The third-order valence-corrected chi connectivity index (χ3v) is 2.70. The molecule has 2 N–H and O–H groups in total. The summed E-state index contributed by atoms with van der Waals surface area (Å²) in [6.45, 7) is 0. The molecule has 0 aliphatic heterocycles. The Hall–Kier alpha value is -3.55. The maximum Gasteiger partial charge on any atom is 0.288 e. The number of hydrogen-bond donors (Lipinski definition) is 2. The Balaban J connectivity index is 1.91. The van der Waals surface area contributed by atoms with Crippen molar-refractivity contribution in [1.82, 2.24) is 15.8 Å². The van der Waals surface area contributed by atoms with Gasteiger partial charge in [0.25, 0.3) is 17.5 Å². The maximum atomic E-state index is 11.7. The predicted octanol–water partition coefficient (Wildman–Crippen LogP) is 1.46. The van der Waals surface area contributed by atoms with Crippen LogP contribution < -0.4 is 10.9 Å². The quantitative estimate of drug-likeness (QED) is 0.504. The van der Waals surface area contributed by atoms with E-state index < -0.39 is 16.7 Å². The smallest absolute Gasteiger partial charge is 0.268 e. The highest BCUT2D eigenvalue weighted by molar-refractivity contribution is 5.96. The van der Waals surface area contributed by atoms with Crippen molar-refractivity contribution in [2.45, 2.75) is 0 Å². The van der Waals surface area contributed by atoms with E-state index in [-0.39, 0.29) is 11.4 Å². The first-order valence-corrected chi connectivity index (χ1v) is 6.50. The standard InChI is InChI=1S/C15H12N4O4/c20-14(17-18-15(21)13-6-1-2-9-16-13)8-7-11-4-3-5-12(10-11)19(22)23/h1-10H,(H,17,20)(H,18,21)/b8-7+. The molecule has 0 fully saturated rings. The SMILES string of the molecule is O=C(/C=C/c1cccc([N+](=O)[O-])c1)NNC(=O)c1ccccn1. The normalized spacial score (nSPS) is 10.3. The summed E-state index contributed by atoms with van der Waals surface area (Å²) < 4.78 is 0. The second-order valence-electron chi connectivity index (χ2n) is 4.34. The molecule has 23 heavy (non-hydrogen) atoms. The largest absolute Gasteiger partial charge is 0.288 e. The van der Waals surface area contributed by atoms with Crippen LogP contribution in [0.1, 0.15) is 16.1 Å². The molecular formula is C15H12N4O4. The van der Waals surface area contributed by atoms with Crippen LogP contribution in [0.4, 0.5) is 5.69 Å². The molecule has 0 spiro atoms. The number of hydrazine groups is 1. The number of amides is 2. The van der Waals surface area contributed by atoms with E-state index in [1.165, 1.54) is 36.5 Å². The van der Waals surface area contributed by atoms with E-state index in [0.29, 0.717) is 5.56 Å².